The van der Waals surface area contributed by atoms with E-state index in [0.717, 1.165) is 0 Å². The molecule has 7 nitrogen and oxygen atoms in total. The minimum absolute atomic E-state index is 0.0199. The van der Waals surface area contributed by atoms with Crippen molar-refractivity contribution in [3.05, 3.63) is 65.9 Å². The van der Waals surface area contributed by atoms with Gasteiger partial charge in [-0.05, 0) is 56.3 Å². The Balaban J connectivity index is 1.70. The highest BCUT2D eigenvalue weighted by Gasteiger charge is 2.20. The van der Waals surface area contributed by atoms with Crippen LogP contribution in [0.4, 0.5) is 14.5 Å². The van der Waals surface area contributed by atoms with Crippen LogP contribution in [0.25, 0.3) is 22.4 Å². The Kier molecular flexibility index (Phi) is 5.98. The largest absolute Gasteiger partial charge is 0.494 e. The second-order valence-corrected chi connectivity index (χ2v) is 6.82. The number of benzene rings is 2. The fourth-order valence-corrected chi connectivity index (χ4v) is 3.25. The third-order valence-electron chi connectivity index (χ3n) is 4.64. The number of amides is 1. The lowest BCUT2D eigenvalue weighted by atomic mass is 10.0. The van der Waals surface area contributed by atoms with Crippen LogP contribution in [0.5, 0.6) is 11.5 Å². The van der Waals surface area contributed by atoms with Gasteiger partial charge in [-0.2, -0.15) is 8.78 Å². The van der Waals surface area contributed by atoms with E-state index in [9.17, 15) is 13.6 Å². The minimum Gasteiger partial charge on any atom is -0.494 e. The SMILES string of the molecule is CCOc1ccc(NC(=O)c2cc(-c3cccc(OC(F)F)c3)nc3onc(C)c23)cc1. The molecule has 0 aliphatic heterocycles. The van der Waals surface area contributed by atoms with E-state index in [1.165, 1.54) is 12.1 Å². The molecule has 4 rings (SSSR count). The topological polar surface area (TPSA) is 86.5 Å². The fourth-order valence-electron chi connectivity index (χ4n) is 3.25. The van der Waals surface area contributed by atoms with Crippen molar-refractivity contribution >= 4 is 22.7 Å². The molecule has 0 saturated heterocycles. The fraction of sp³-hybridized carbons (Fsp3) is 0.174. The molecule has 1 N–H and O–H groups in total. The van der Waals surface area contributed by atoms with E-state index in [4.69, 9.17) is 9.26 Å². The van der Waals surface area contributed by atoms with Crippen molar-refractivity contribution in [3.8, 4) is 22.8 Å². The number of halogens is 2. The molecule has 2 aromatic heterocycles. The minimum atomic E-state index is -2.95. The summed E-state index contributed by atoms with van der Waals surface area (Å²) in [5, 5.41) is 7.22. The monoisotopic (exact) mass is 439 g/mol. The molecule has 2 heterocycles. The Hall–Kier alpha value is -4.01. The third kappa shape index (κ3) is 4.51. The Bertz CT molecular complexity index is 1260. The first-order chi connectivity index (χ1) is 15.4. The molecule has 0 aliphatic carbocycles. The molecule has 4 aromatic rings. The summed E-state index contributed by atoms with van der Waals surface area (Å²) in [7, 11) is 0. The van der Waals surface area contributed by atoms with Crippen molar-refractivity contribution in [2.45, 2.75) is 20.5 Å². The van der Waals surface area contributed by atoms with Gasteiger partial charge in [-0.1, -0.05) is 17.3 Å². The van der Waals surface area contributed by atoms with Gasteiger partial charge in [0.25, 0.3) is 11.6 Å². The van der Waals surface area contributed by atoms with E-state index in [-0.39, 0.29) is 17.0 Å². The molecular formula is C23H19F2N3O4. The Morgan fingerprint density at radius 2 is 1.91 bits per heavy atom. The maximum atomic E-state index is 13.1. The van der Waals surface area contributed by atoms with Gasteiger partial charge < -0.3 is 19.3 Å². The van der Waals surface area contributed by atoms with Crippen LogP contribution in [-0.2, 0) is 0 Å². The summed E-state index contributed by atoms with van der Waals surface area (Å²) in [4.78, 5) is 17.5. The van der Waals surface area contributed by atoms with E-state index < -0.39 is 12.5 Å². The van der Waals surface area contributed by atoms with Gasteiger partial charge in [0.1, 0.15) is 11.5 Å². The number of anilines is 1. The number of aromatic nitrogens is 2. The van der Waals surface area contributed by atoms with Gasteiger partial charge in [-0.25, -0.2) is 4.98 Å². The number of carbonyl (C=O) groups is 1. The highest BCUT2D eigenvalue weighted by molar-refractivity contribution is 6.13. The second-order valence-electron chi connectivity index (χ2n) is 6.82. The number of ether oxygens (including phenoxy) is 2. The second kappa shape index (κ2) is 9.01. The molecule has 0 atom stereocenters. The maximum Gasteiger partial charge on any atom is 0.387 e. The summed E-state index contributed by atoms with van der Waals surface area (Å²) in [6, 6.07) is 14.6. The van der Waals surface area contributed by atoms with Crippen molar-refractivity contribution in [3.63, 3.8) is 0 Å². The summed E-state index contributed by atoms with van der Waals surface area (Å²) in [6.07, 6.45) is 0. The Morgan fingerprint density at radius 1 is 1.12 bits per heavy atom. The number of fused-ring (bicyclic) bond motifs is 1. The number of hydrogen-bond donors (Lipinski definition) is 1. The lowest BCUT2D eigenvalue weighted by molar-refractivity contribution is -0.0498. The first-order valence-electron chi connectivity index (χ1n) is 9.81. The number of nitrogens with zero attached hydrogens (tertiary/aromatic N) is 2. The van der Waals surface area contributed by atoms with E-state index in [1.807, 2.05) is 6.92 Å². The lowest BCUT2D eigenvalue weighted by Crippen LogP contribution is -2.13. The van der Waals surface area contributed by atoms with Crippen molar-refractivity contribution in [1.29, 1.82) is 0 Å². The van der Waals surface area contributed by atoms with Gasteiger partial charge >= 0.3 is 6.61 Å². The molecular weight excluding hydrogens is 420 g/mol. The van der Waals surface area contributed by atoms with E-state index >= 15 is 0 Å². The van der Waals surface area contributed by atoms with Crippen LogP contribution in [0.2, 0.25) is 0 Å². The number of rotatable bonds is 7. The van der Waals surface area contributed by atoms with Gasteiger partial charge in [0.2, 0.25) is 0 Å². The van der Waals surface area contributed by atoms with Crippen molar-refractivity contribution in [1.82, 2.24) is 10.1 Å². The van der Waals surface area contributed by atoms with Crippen LogP contribution in [0.15, 0.2) is 59.1 Å². The Labute approximate surface area is 182 Å². The van der Waals surface area contributed by atoms with Crippen LogP contribution in [0, 0.1) is 6.92 Å². The molecule has 0 spiro atoms. The van der Waals surface area contributed by atoms with Gasteiger partial charge in [0, 0.05) is 11.3 Å². The van der Waals surface area contributed by atoms with Crippen LogP contribution < -0.4 is 14.8 Å². The zero-order valence-electron chi connectivity index (χ0n) is 17.3. The number of pyridine rings is 1. The predicted molar refractivity (Wildman–Crippen MR) is 114 cm³/mol. The quantitative estimate of drug-likeness (QED) is 0.412. The van der Waals surface area contributed by atoms with Crippen molar-refractivity contribution in [2.75, 3.05) is 11.9 Å². The zero-order valence-corrected chi connectivity index (χ0v) is 17.3. The molecule has 32 heavy (non-hydrogen) atoms. The van der Waals surface area contributed by atoms with Gasteiger partial charge in [0.15, 0.2) is 0 Å². The van der Waals surface area contributed by atoms with Gasteiger partial charge in [-0.15, -0.1) is 0 Å². The lowest BCUT2D eigenvalue weighted by Gasteiger charge is -2.10. The van der Waals surface area contributed by atoms with Gasteiger partial charge in [-0.3, -0.25) is 4.79 Å². The number of hydrogen-bond acceptors (Lipinski definition) is 6. The maximum absolute atomic E-state index is 13.1. The average molecular weight is 439 g/mol. The van der Waals surface area contributed by atoms with Crippen LogP contribution >= 0.6 is 0 Å². The number of carbonyl (C=O) groups excluding carboxylic acids is 1. The number of aryl methyl sites for hydroxylation is 1. The summed E-state index contributed by atoms with van der Waals surface area (Å²) in [5.41, 5.74) is 2.37. The molecule has 0 saturated carbocycles. The average Bonchev–Trinajstić information content (AvgIpc) is 3.15. The smallest absolute Gasteiger partial charge is 0.387 e. The summed E-state index contributed by atoms with van der Waals surface area (Å²) < 4.78 is 40.3. The summed E-state index contributed by atoms with van der Waals surface area (Å²) >= 11 is 0. The molecule has 0 aliphatic rings. The third-order valence-corrected chi connectivity index (χ3v) is 4.64. The van der Waals surface area contributed by atoms with E-state index in [0.29, 0.717) is 40.4 Å². The summed E-state index contributed by atoms with van der Waals surface area (Å²) in [5.74, 6) is 0.280. The summed E-state index contributed by atoms with van der Waals surface area (Å²) in [6.45, 7) is 1.18. The normalized spacial score (nSPS) is 11.0. The highest BCUT2D eigenvalue weighted by Crippen LogP contribution is 2.30. The molecule has 0 fully saturated rings. The molecule has 1 amide bonds. The number of nitrogens with one attached hydrogen (secondary N) is 1. The molecule has 0 radical (unpaired) electrons. The zero-order chi connectivity index (χ0) is 22.7. The van der Waals surface area contributed by atoms with E-state index in [1.54, 1.807) is 49.4 Å². The molecule has 2 aromatic carbocycles. The molecule has 9 heteroatoms. The highest BCUT2D eigenvalue weighted by atomic mass is 19.3. The Morgan fingerprint density at radius 3 is 2.62 bits per heavy atom. The van der Waals surface area contributed by atoms with E-state index in [2.05, 4.69) is 20.2 Å². The molecule has 0 unspecified atom stereocenters. The first kappa shape index (κ1) is 21.2. The van der Waals surface area contributed by atoms with Crippen molar-refractivity contribution < 1.29 is 27.6 Å². The number of alkyl halides is 2. The molecule has 164 valence electrons. The van der Waals surface area contributed by atoms with Crippen LogP contribution in [0.1, 0.15) is 23.0 Å². The van der Waals surface area contributed by atoms with Crippen molar-refractivity contribution in [2.24, 2.45) is 0 Å². The first-order valence-corrected chi connectivity index (χ1v) is 9.81. The van der Waals surface area contributed by atoms with Crippen LogP contribution in [0.3, 0.4) is 0 Å². The standard InChI is InChI=1S/C23H19F2N3O4/c1-3-30-16-9-7-15(8-10-16)26-21(29)18-12-19(27-22-20(18)13(2)28-32-22)14-5-4-6-17(11-14)31-23(24)25/h4-12,23H,3H2,1-2H3,(H,26,29). The van der Waals surface area contributed by atoms with Crippen LogP contribution in [-0.4, -0.2) is 29.3 Å². The predicted octanol–water partition coefficient (Wildman–Crippen LogP) is 5.45. The molecule has 0 bridgehead atoms. The van der Waals surface area contributed by atoms with Gasteiger partial charge in [0.05, 0.1) is 28.9 Å².